The molecular weight excluding hydrogens is 426 g/mol. The van der Waals surface area contributed by atoms with E-state index in [2.05, 4.69) is 13.8 Å². The van der Waals surface area contributed by atoms with Gasteiger partial charge in [0.1, 0.15) is 0 Å². The summed E-state index contributed by atoms with van der Waals surface area (Å²) in [4.78, 5) is 0. The van der Waals surface area contributed by atoms with Crippen LogP contribution in [-0.4, -0.2) is 6.61 Å². The molecule has 194 valence electrons. The SMILES string of the molecule is CCCCCCCOc1ccc([C@H]2CC[C@H](CCC3CCC(CCCC)CC3)CC2)c(F)c1F. The molecule has 2 aliphatic carbocycles. The predicted molar refractivity (Wildman–Crippen MR) is 140 cm³/mol. The summed E-state index contributed by atoms with van der Waals surface area (Å²) in [6.07, 6.45) is 22.5. The highest BCUT2D eigenvalue weighted by molar-refractivity contribution is 5.33. The van der Waals surface area contributed by atoms with E-state index in [9.17, 15) is 8.78 Å². The van der Waals surface area contributed by atoms with Crippen molar-refractivity contribution in [2.75, 3.05) is 6.61 Å². The van der Waals surface area contributed by atoms with Crippen molar-refractivity contribution in [1.82, 2.24) is 0 Å². The Morgan fingerprint density at radius 3 is 1.82 bits per heavy atom. The maximum atomic E-state index is 14.9. The van der Waals surface area contributed by atoms with Crippen LogP contribution < -0.4 is 4.74 Å². The monoisotopic (exact) mass is 476 g/mol. The fourth-order valence-corrected chi connectivity index (χ4v) is 6.40. The van der Waals surface area contributed by atoms with Gasteiger partial charge in [-0.25, -0.2) is 4.39 Å². The van der Waals surface area contributed by atoms with Gasteiger partial charge in [0.25, 0.3) is 0 Å². The molecule has 0 saturated heterocycles. The number of halogens is 2. The molecule has 0 atom stereocenters. The van der Waals surface area contributed by atoms with E-state index in [1.807, 2.05) is 0 Å². The Labute approximate surface area is 208 Å². The summed E-state index contributed by atoms with van der Waals surface area (Å²) in [5.41, 5.74) is 0.566. The van der Waals surface area contributed by atoms with Gasteiger partial charge in [-0.05, 0) is 67.4 Å². The smallest absolute Gasteiger partial charge is 0.200 e. The normalized spacial score (nSPS) is 25.4. The third-order valence-corrected chi connectivity index (χ3v) is 8.78. The number of ether oxygens (including phenoxy) is 1. The summed E-state index contributed by atoms with van der Waals surface area (Å²) in [6.45, 7) is 4.94. The molecule has 0 radical (unpaired) electrons. The van der Waals surface area contributed by atoms with Gasteiger partial charge >= 0.3 is 0 Å². The lowest BCUT2D eigenvalue weighted by Gasteiger charge is -2.32. The summed E-state index contributed by atoms with van der Waals surface area (Å²) >= 11 is 0. The largest absolute Gasteiger partial charge is 0.490 e. The van der Waals surface area contributed by atoms with Gasteiger partial charge < -0.3 is 4.74 Å². The highest BCUT2D eigenvalue weighted by atomic mass is 19.2. The second-order valence-electron chi connectivity index (χ2n) is 11.4. The van der Waals surface area contributed by atoms with Crippen molar-refractivity contribution >= 4 is 0 Å². The molecule has 1 aromatic carbocycles. The molecule has 2 fully saturated rings. The Morgan fingerprint density at radius 2 is 1.21 bits per heavy atom. The topological polar surface area (TPSA) is 9.23 Å². The van der Waals surface area contributed by atoms with Gasteiger partial charge in [-0.1, -0.05) is 103 Å². The molecule has 2 aliphatic rings. The van der Waals surface area contributed by atoms with Crippen molar-refractivity contribution in [2.45, 2.75) is 135 Å². The Balaban J connectivity index is 1.37. The molecule has 0 spiro atoms. The molecule has 0 aliphatic heterocycles. The van der Waals surface area contributed by atoms with E-state index in [0.29, 0.717) is 12.2 Å². The molecule has 0 aromatic heterocycles. The summed E-state index contributed by atoms with van der Waals surface area (Å²) in [7, 11) is 0. The minimum atomic E-state index is -0.789. The molecule has 0 N–H and O–H groups in total. The van der Waals surface area contributed by atoms with Crippen LogP contribution in [-0.2, 0) is 0 Å². The first kappa shape index (κ1) is 27.5. The number of unbranched alkanes of at least 4 members (excludes halogenated alkanes) is 5. The van der Waals surface area contributed by atoms with Crippen molar-refractivity contribution in [2.24, 2.45) is 17.8 Å². The molecule has 0 bridgehead atoms. The Hall–Kier alpha value is -1.12. The van der Waals surface area contributed by atoms with Gasteiger partial charge in [-0.2, -0.15) is 4.39 Å². The van der Waals surface area contributed by atoms with E-state index in [1.54, 1.807) is 12.1 Å². The molecule has 3 heteroatoms. The minimum Gasteiger partial charge on any atom is -0.490 e. The lowest BCUT2D eigenvalue weighted by molar-refractivity contribution is 0.222. The minimum absolute atomic E-state index is 0.0786. The fourth-order valence-electron chi connectivity index (χ4n) is 6.40. The first-order valence-corrected chi connectivity index (χ1v) is 14.7. The summed E-state index contributed by atoms with van der Waals surface area (Å²) in [6, 6.07) is 3.44. The van der Waals surface area contributed by atoms with Crippen molar-refractivity contribution < 1.29 is 13.5 Å². The van der Waals surface area contributed by atoms with E-state index in [4.69, 9.17) is 4.74 Å². The molecule has 1 aromatic rings. The van der Waals surface area contributed by atoms with Crippen LogP contribution in [0.15, 0.2) is 12.1 Å². The van der Waals surface area contributed by atoms with E-state index in [1.165, 1.54) is 77.0 Å². The first-order chi connectivity index (χ1) is 16.6. The molecular formula is C31H50F2O. The zero-order chi connectivity index (χ0) is 24.2. The molecule has 1 nitrogen and oxygen atoms in total. The maximum absolute atomic E-state index is 14.9. The summed E-state index contributed by atoms with van der Waals surface area (Å²) in [5, 5.41) is 0. The Morgan fingerprint density at radius 1 is 0.647 bits per heavy atom. The highest BCUT2D eigenvalue weighted by Gasteiger charge is 2.28. The van der Waals surface area contributed by atoms with Gasteiger partial charge in [-0.3, -0.25) is 0 Å². The molecule has 3 rings (SSSR count). The number of hydrogen-bond acceptors (Lipinski definition) is 1. The summed E-state index contributed by atoms with van der Waals surface area (Å²) in [5.74, 6) is 1.47. The zero-order valence-electron chi connectivity index (χ0n) is 22.1. The van der Waals surface area contributed by atoms with Crippen molar-refractivity contribution in [3.8, 4) is 5.75 Å². The van der Waals surface area contributed by atoms with Gasteiger partial charge in [-0.15, -0.1) is 0 Å². The average molecular weight is 477 g/mol. The quantitative estimate of drug-likeness (QED) is 0.243. The van der Waals surface area contributed by atoms with Crippen LogP contribution >= 0.6 is 0 Å². The second kappa shape index (κ2) is 15.1. The summed E-state index contributed by atoms with van der Waals surface area (Å²) < 4.78 is 35.1. The van der Waals surface area contributed by atoms with Gasteiger partial charge in [0, 0.05) is 0 Å². The van der Waals surface area contributed by atoms with Crippen LogP contribution in [0.4, 0.5) is 8.78 Å². The van der Waals surface area contributed by atoms with Crippen molar-refractivity contribution in [3.63, 3.8) is 0 Å². The number of benzene rings is 1. The molecule has 0 amide bonds. The van der Waals surface area contributed by atoms with Crippen LogP contribution in [0.5, 0.6) is 5.75 Å². The highest BCUT2D eigenvalue weighted by Crippen LogP contribution is 2.41. The molecule has 34 heavy (non-hydrogen) atoms. The van der Waals surface area contributed by atoms with Crippen LogP contribution in [0.3, 0.4) is 0 Å². The lowest BCUT2D eigenvalue weighted by atomic mass is 9.74. The van der Waals surface area contributed by atoms with Gasteiger partial charge in [0.2, 0.25) is 5.82 Å². The fraction of sp³-hybridized carbons (Fsp3) is 0.806. The van der Waals surface area contributed by atoms with Crippen molar-refractivity contribution in [1.29, 1.82) is 0 Å². The van der Waals surface area contributed by atoms with E-state index >= 15 is 0 Å². The first-order valence-electron chi connectivity index (χ1n) is 14.7. The number of hydrogen-bond donors (Lipinski definition) is 0. The second-order valence-corrected chi connectivity index (χ2v) is 11.4. The third kappa shape index (κ3) is 8.52. The Kier molecular flexibility index (Phi) is 12.2. The average Bonchev–Trinajstić information content (AvgIpc) is 2.87. The van der Waals surface area contributed by atoms with Crippen LogP contribution in [0, 0.1) is 29.4 Å². The number of rotatable bonds is 14. The third-order valence-electron chi connectivity index (χ3n) is 8.78. The maximum Gasteiger partial charge on any atom is 0.200 e. The predicted octanol–water partition coefficient (Wildman–Crippen LogP) is 10.4. The standard InChI is InChI=1S/C31H50F2O/c1-3-5-7-8-9-23-34-29-22-21-28(30(32)31(29)33)27-19-17-26(18-20-27)16-15-25-13-11-24(12-14-25)10-6-4-2/h21-22,24-27H,3-20,23H2,1-2H3/t24?,25?,26-,27-. The van der Waals surface area contributed by atoms with Gasteiger partial charge in [0.05, 0.1) is 6.61 Å². The van der Waals surface area contributed by atoms with Crippen LogP contribution in [0.25, 0.3) is 0 Å². The Bertz CT molecular complexity index is 687. The van der Waals surface area contributed by atoms with Crippen LogP contribution in [0.2, 0.25) is 0 Å². The van der Waals surface area contributed by atoms with E-state index in [-0.39, 0.29) is 11.7 Å². The van der Waals surface area contributed by atoms with Crippen molar-refractivity contribution in [3.05, 3.63) is 29.3 Å². The van der Waals surface area contributed by atoms with E-state index in [0.717, 1.165) is 56.3 Å². The van der Waals surface area contributed by atoms with Crippen LogP contribution in [0.1, 0.15) is 141 Å². The molecule has 2 saturated carbocycles. The molecule has 0 heterocycles. The van der Waals surface area contributed by atoms with Gasteiger partial charge in [0.15, 0.2) is 11.6 Å². The molecule has 0 unspecified atom stereocenters. The lowest BCUT2D eigenvalue weighted by Crippen LogP contribution is -2.18. The van der Waals surface area contributed by atoms with E-state index < -0.39 is 11.6 Å². The zero-order valence-corrected chi connectivity index (χ0v) is 22.1.